The van der Waals surface area contributed by atoms with Crippen molar-refractivity contribution in [3.63, 3.8) is 0 Å². The van der Waals surface area contributed by atoms with Crippen molar-refractivity contribution < 1.29 is 4.42 Å². The summed E-state index contributed by atoms with van der Waals surface area (Å²) >= 11 is 1.86. The van der Waals surface area contributed by atoms with Gasteiger partial charge < -0.3 is 8.98 Å². The molecule has 1 aliphatic rings. The summed E-state index contributed by atoms with van der Waals surface area (Å²) in [7, 11) is 2.19. The molecule has 3 aromatic heterocycles. The molecule has 2 N–H and O–H groups in total. The molecule has 8 aromatic carbocycles. The van der Waals surface area contributed by atoms with Crippen LogP contribution in [0.5, 0.6) is 0 Å². The van der Waals surface area contributed by atoms with Gasteiger partial charge in [-0.1, -0.05) is 140 Å². The maximum absolute atomic E-state index is 6.91. The molecule has 278 valence electrons. The highest BCUT2D eigenvalue weighted by Gasteiger charge is 2.35. The molecule has 12 rings (SSSR count). The van der Waals surface area contributed by atoms with E-state index in [9.17, 15) is 0 Å². The number of furan rings is 1. The van der Waals surface area contributed by atoms with Crippen LogP contribution in [0, 0.1) is 0 Å². The average Bonchev–Trinajstić information content (AvgIpc) is 3.96. The molecular weight excluding hydrogens is 729 g/mol. The van der Waals surface area contributed by atoms with Crippen LogP contribution in [0.15, 0.2) is 186 Å². The number of hydrogen-bond acceptors (Lipinski definition) is 5. The lowest BCUT2D eigenvalue weighted by molar-refractivity contribution is 0.0416. The van der Waals surface area contributed by atoms with Crippen molar-refractivity contribution in [3.8, 4) is 16.8 Å². The maximum atomic E-state index is 6.91. The lowest BCUT2D eigenvalue weighted by atomic mass is 9.97. The molecule has 0 bridgehead atoms. The van der Waals surface area contributed by atoms with Crippen LogP contribution < -0.4 is 10.6 Å². The van der Waals surface area contributed by atoms with Crippen LogP contribution in [0.4, 0.5) is 0 Å². The Bertz CT molecular complexity index is 3240. The second kappa shape index (κ2) is 13.3. The zero-order chi connectivity index (χ0) is 38.3. The number of para-hydroxylation sites is 3. The van der Waals surface area contributed by atoms with Crippen LogP contribution in [-0.4, -0.2) is 16.5 Å². The van der Waals surface area contributed by atoms with Crippen molar-refractivity contribution in [1.29, 1.82) is 0 Å². The van der Waals surface area contributed by atoms with Gasteiger partial charge in [-0.3, -0.25) is 15.5 Å². The van der Waals surface area contributed by atoms with Gasteiger partial charge in [-0.2, -0.15) is 0 Å². The van der Waals surface area contributed by atoms with Crippen molar-refractivity contribution in [1.82, 2.24) is 20.1 Å². The molecule has 6 heteroatoms. The van der Waals surface area contributed by atoms with Crippen molar-refractivity contribution in [2.75, 3.05) is 7.05 Å². The van der Waals surface area contributed by atoms with Crippen LogP contribution in [0.2, 0.25) is 0 Å². The quantitative estimate of drug-likeness (QED) is 0.183. The number of rotatable bonds is 5. The highest BCUT2D eigenvalue weighted by atomic mass is 32.1. The first kappa shape index (κ1) is 33.6. The molecule has 4 heterocycles. The van der Waals surface area contributed by atoms with E-state index in [0.717, 1.165) is 33.2 Å². The molecule has 58 heavy (non-hydrogen) atoms. The first-order chi connectivity index (χ1) is 28.7. The molecule has 0 amide bonds. The normalized spacial score (nSPS) is 17.7. The molecular formula is C52H38N4OS. The highest BCUT2D eigenvalue weighted by molar-refractivity contribution is 7.26. The predicted octanol–water partition coefficient (Wildman–Crippen LogP) is 13.2. The van der Waals surface area contributed by atoms with Crippen LogP contribution in [0.25, 0.3) is 80.7 Å². The Hall–Kier alpha value is -6.54. The molecule has 0 spiro atoms. The average molecular weight is 767 g/mol. The minimum Gasteiger partial charge on any atom is -0.455 e. The fourth-order valence-electron chi connectivity index (χ4n) is 9.46. The van der Waals surface area contributed by atoms with Gasteiger partial charge in [-0.25, -0.2) is 0 Å². The monoisotopic (exact) mass is 766 g/mol. The second-order valence-electron chi connectivity index (χ2n) is 15.4. The summed E-state index contributed by atoms with van der Waals surface area (Å²) in [5, 5.41) is 15.1. The molecule has 0 saturated carbocycles. The Morgan fingerprint density at radius 3 is 1.79 bits per heavy atom. The van der Waals surface area contributed by atoms with Gasteiger partial charge in [0.1, 0.15) is 11.2 Å². The Morgan fingerprint density at radius 1 is 0.483 bits per heavy atom. The molecule has 11 aromatic rings. The maximum Gasteiger partial charge on any atom is 0.143 e. The number of hydrogen-bond donors (Lipinski definition) is 2. The topological polar surface area (TPSA) is 45.4 Å². The summed E-state index contributed by atoms with van der Waals surface area (Å²) in [4.78, 5) is 2.38. The fraction of sp³-hybridized carbons (Fsp3) is 0.0769. The van der Waals surface area contributed by atoms with E-state index in [0.29, 0.717) is 0 Å². The van der Waals surface area contributed by atoms with E-state index in [-0.39, 0.29) is 18.5 Å². The number of benzene rings is 8. The van der Waals surface area contributed by atoms with Crippen molar-refractivity contribution in [2.45, 2.75) is 18.5 Å². The van der Waals surface area contributed by atoms with Crippen molar-refractivity contribution in [2.24, 2.45) is 0 Å². The van der Waals surface area contributed by atoms with Crippen molar-refractivity contribution in [3.05, 3.63) is 199 Å². The zero-order valence-electron chi connectivity index (χ0n) is 31.8. The summed E-state index contributed by atoms with van der Waals surface area (Å²) in [6.45, 7) is 0. The summed E-state index contributed by atoms with van der Waals surface area (Å²) in [5.41, 5.74) is 11.3. The molecule has 1 aliphatic heterocycles. The minimum atomic E-state index is -0.0580. The first-order valence-corrected chi connectivity index (χ1v) is 20.7. The first-order valence-electron chi connectivity index (χ1n) is 19.9. The standard InChI is InChI=1S/C52H38N4OS/c1-55-51(32-14-4-2-5-15-32)53-50(54-52(55)33-16-6-3-7-17-33)34-26-28-42-47(30-34)58-46-25-13-20-39(48(42)46)41-22-12-21-40-38-29-27-35(31-45(38)57-49(40)41)56-43-23-10-8-18-36(43)37-19-9-11-24-44(37)56/h2-31,50-54H,1H3. The van der Waals surface area contributed by atoms with Gasteiger partial charge in [0.2, 0.25) is 0 Å². The molecule has 2 unspecified atom stereocenters. The van der Waals surface area contributed by atoms with Gasteiger partial charge in [-0.15, -0.1) is 11.3 Å². The van der Waals surface area contributed by atoms with Crippen LogP contribution in [0.1, 0.15) is 35.2 Å². The number of nitrogens with one attached hydrogen (secondary N) is 2. The Morgan fingerprint density at radius 2 is 1.09 bits per heavy atom. The van der Waals surface area contributed by atoms with E-state index in [2.05, 4.69) is 209 Å². The van der Waals surface area contributed by atoms with Gasteiger partial charge in [-0.05, 0) is 65.7 Å². The molecule has 5 nitrogen and oxygen atoms in total. The van der Waals surface area contributed by atoms with E-state index in [4.69, 9.17) is 4.42 Å². The summed E-state index contributed by atoms with van der Waals surface area (Å²) in [6.07, 6.45) is 0.00632. The van der Waals surface area contributed by atoms with Gasteiger partial charge in [0.05, 0.1) is 29.5 Å². The molecule has 0 aliphatic carbocycles. The Kier molecular flexibility index (Phi) is 7.68. The van der Waals surface area contributed by atoms with E-state index in [1.54, 1.807) is 0 Å². The largest absolute Gasteiger partial charge is 0.455 e. The Balaban J connectivity index is 0.960. The van der Waals surface area contributed by atoms with E-state index in [1.165, 1.54) is 64.2 Å². The molecule has 1 fully saturated rings. The SMILES string of the molecule is CN1C(c2ccccc2)NC(c2ccc3c(c2)sc2cccc(-c4cccc5c4oc4cc(-n6c7ccccc7c7ccccc76)ccc45)c23)NC1c1ccccc1. The third kappa shape index (κ3) is 5.20. The second-order valence-corrected chi connectivity index (χ2v) is 16.5. The lowest BCUT2D eigenvalue weighted by Gasteiger charge is -2.45. The minimum absolute atomic E-state index is 0.0321. The zero-order valence-corrected chi connectivity index (χ0v) is 32.6. The molecule has 1 saturated heterocycles. The smallest absolute Gasteiger partial charge is 0.143 e. The Labute approximate surface area is 339 Å². The number of aromatic nitrogens is 1. The number of fused-ring (bicyclic) bond motifs is 9. The number of thiophene rings is 1. The summed E-state index contributed by atoms with van der Waals surface area (Å²) in [5.74, 6) is 0. The molecule has 0 radical (unpaired) electrons. The molecule has 2 atom stereocenters. The third-order valence-corrected chi connectivity index (χ3v) is 13.3. The highest BCUT2D eigenvalue weighted by Crippen LogP contribution is 2.45. The van der Waals surface area contributed by atoms with E-state index < -0.39 is 0 Å². The predicted molar refractivity (Wildman–Crippen MR) is 242 cm³/mol. The van der Waals surface area contributed by atoms with E-state index >= 15 is 0 Å². The lowest BCUT2D eigenvalue weighted by Crippen LogP contribution is -2.54. The van der Waals surface area contributed by atoms with Gasteiger partial charge in [0, 0.05) is 59.0 Å². The van der Waals surface area contributed by atoms with Gasteiger partial charge in [0.25, 0.3) is 0 Å². The number of nitrogens with zero attached hydrogens (tertiary/aromatic N) is 2. The summed E-state index contributed by atoms with van der Waals surface area (Å²) in [6, 6.07) is 65.7. The third-order valence-electron chi connectivity index (χ3n) is 12.2. The van der Waals surface area contributed by atoms with Crippen LogP contribution in [0.3, 0.4) is 0 Å². The summed E-state index contributed by atoms with van der Waals surface area (Å²) < 4.78 is 11.8. The fourth-order valence-corrected chi connectivity index (χ4v) is 10.6. The van der Waals surface area contributed by atoms with Crippen LogP contribution >= 0.6 is 11.3 Å². The van der Waals surface area contributed by atoms with Gasteiger partial charge >= 0.3 is 0 Å². The van der Waals surface area contributed by atoms with Gasteiger partial charge in [0.15, 0.2) is 0 Å². The van der Waals surface area contributed by atoms with E-state index in [1.807, 2.05) is 11.3 Å². The van der Waals surface area contributed by atoms with Crippen LogP contribution in [-0.2, 0) is 0 Å². The van der Waals surface area contributed by atoms with Crippen molar-refractivity contribution >= 4 is 75.3 Å².